The molecule has 1 heterocycles. The quantitative estimate of drug-likeness (QED) is 0.493. The van der Waals surface area contributed by atoms with Crippen molar-refractivity contribution in [1.29, 1.82) is 0 Å². The minimum absolute atomic E-state index is 0.153. The summed E-state index contributed by atoms with van der Waals surface area (Å²) in [5.74, 6) is 0. The van der Waals surface area contributed by atoms with E-state index in [-0.39, 0.29) is 10.6 Å². The Hall–Kier alpha value is -1.88. The van der Waals surface area contributed by atoms with E-state index >= 15 is 0 Å². The van der Waals surface area contributed by atoms with Gasteiger partial charge in [-0.2, -0.15) is 0 Å². The van der Waals surface area contributed by atoms with Gasteiger partial charge in [0.25, 0.3) is 5.69 Å². The van der Waals surface area contributed by atoms with Crippen molar-refractivity contribution >= 4 is 16.6 Å². The highest BCUT2D eigenvalue weighted by molar-refractivity contribution is 5.82. The van der Waals surface area contributed by atoms with Gasteiger partial charge in [0.15, 0.2) is 0 Å². The van der Waals surface area contributed by atoms with Gasteiger partial charge in [0, 0.05) is 41.8 Å². The zero-order valence-electron chi connectivity index (χ0n) is 10.7. The van der Waals surface area contributed by atoms with E-state index in [1.807, 2.05) is 18.3 Å². The zero-order valence-corrected chi connectivity index (χ0v) is 10.7. The second kappa shape index (κ2) is 5.01. The van der Waals surface area contributed by atoms with Crippen LogP contribution in [0.15, 0.2) is 30.5 Å². The van der Waals surface area contributed by atoms with Crippen LogP contribution in [0.25, 0.3) is 10.9 Å². The van der Waals surface area contributed by atoms with E-state index in [0.29, 0.717) is 0 Å². The Morgan fingerprint density at radius 1 is 1.37 bits per heavy atom. The van der Waals surface area contributed by atoms with Gasteiger partial charge < -0.3 is 9.88 Å². The van der Waals surface area contributed by atoms with Crippen LogP contribution in [0, 0.1) is 10.1 Å². The molecule has 0 amide bonds. The number of aromatic nitrogens is 1. The molecule has 0 radical (unpaired) electrons. The molecule has 0 aliphatic heterocycles. The van der Waals surface area contributed by atoms with Crippen LogP contribution in [0.2, 0.25) is 0 Å². The number of nitrogens with zero attached hydrogens (tertiary/aromatic N) is 2. The second-order valence-electron chi connectivity index (χ2n) is 5.09. The van der Waals surface area contributed by atoms with Gasteiger partial charge >= 0.3 is 0 Å². The van der Waals surface area contributed by atoms with Crippen molar-refractivity contribution in [3.63, 3.8) is 0 Å². The van der Waals surface area contributed by atoms with Gasteiger partial charge in [-0.1, -0.05) is 0 Å². The number of hydrogen-bond donors (Lipinski definition) is 1. The molecular weight excluding hydrogens is 242 g/mol. The number of nitrogens with one attached hydrogen (secondary N) is 1. The Morgan fingerprint density at radius 2 is 2.21 bits per heavy atom. The third kappa shape index (κ3) is 2.76. The van der Waals surface area contributed by atoms with E-state index < -0.39 is 0 Å². The fourth-order valence-corrected chi connectivity index (χ4v) is 2.34. The molecule has 2 aromatic rings. The van der Waals surface area contributed by atoms with Gasteiger partial charge in [-0.3, -0.25) is 10.1 Å². The molecule has 0 unspecified atom stereocenters. The fourth-order valence-electron chi connectivity index (χ4n) is 2.34. The predicted octanol–water partition coefficient (Wildman–Crippen LogP) is 2.69. The molecule has 5 nitrogen and oxygen atoms in total. The number of rotatable bonds is 6. The minimum atomic E-state index is -0.351. The molecule has 3 rings (SSSR count). The maximum absolute atomic E-state index is 10.7. The molecule has 1 aliphatic carbocycles. The van der Waals surface area contributed by atoms with E-state index in [9.17, 15) is 10.1 Å². The van der Waals surface area contributed by atoms with Crippen molar-refractivity contribution in [1.82, 2.24) is 9.88 Å². The number of non-ortho nitro benzene ring substituents is 1. The van der Waals surface area contributed by atoms with E-state index in [4.69, 9.17) is 0 Å². The summed E-state index contributed by atoms with van der Waals surface area (Å²) < 4.78 is 2.16. The molecule has 0 saturated heterocycles. The van der Waals surface area contributed by atoms with Crippen molar-refractivity contribution in [2.45, 2.75) is 31.8 Å². The standard InChI is InChI=1S/C14H17N3O2/c18-17(19)13-4-5-14-11(10-13)6-9-16(14)8-1-7-15-12-2-3-12/h4-6,9-10,12,15H,1-3,7-8H2. The summed E-state index contributed by atoms with van der Waals surface area (Å²) in [4.78, 5) is 10.4. The van der Waals surface area contributed by atoms with Crippen molar-refractivity contribution in [3.8, 4) is 0 Å². The maximum atomic E-state index is 10.7. The lowest BCUT2D eigenvalue weighted by atomic mass is 10.2. The van der Waals surface area contributed by atoms with Gasteiger partial charge in [0.05, 0.1) is 4.92 Å². The van der Waals surface area contributed by atoms with Crippen LogP contribution in [0.1, 0.15) is 19.3 Å². The number of nitro benzene ring substituents is 1. The lowest BCUT2D eigenvalue weighted by Gasteiger charge is -2.06. The summed E-state index contributed by atoms with van der Waals surface area (Å²) in [7, 11) is 0. The summed E-state index contributed by atoms with van der Waals surface area (Å²) in [5, 5.41) is 15.1. The van der Waals surface area contributed by atoms with Crippen LogP contribution < -0.4 is 5.32 Å². The van der Waals surface area contributed by atoms with Gasteiger partial charge in [-0.25, -0.2) is 0 Å². The van der Waals surface area contributed by atoms with Gasteiger partial charge in [-0.05, 0) is 37.9 Å². The SMILES string of the molecule is O=[N+]([O-])c1ccc2c(ccn2CCCNC2CC2)c1. The van der Waals surface area contributed by atoms with E-state index in [2.05, 4.69) is 9.88 Å². The second-order valence-corrected chi connectivity index (χ2v) is 5.09. The topological polar surface area (TPSA) is 60.1 Å². The third-order valence-corrected chi connectivity index (χ3v) is 3.55. The average molecular weight is 259 g/mol. The molecule has 0 atom stereocenters. The average Bonchev–Trinajstić information content (AvgIpc) is 3.14. The Kier molecular flexibility index (Phi) is 3.21. The Labute approximate surface area is 111 Å². The van der Waals surface area contributed by atoms with E-state index in [1.165, 1.54) is 12.8 Å². The van der Waals surface area contributed by atoms with Crippen LogP contribution >= 0.6 is 0 Å². The van der Waals surface area contributed by atoms with Crippen molar-refractivity contribution in [2.75, 3.05) is 6.54 Å². The largest absolute Gasteiger partial charge is 0.347 e. The van der Waals surface area contributed by atoms with Crippen LogP contribution in [-0.2, 0) is 6.54 Å². The lowest BCUT2D eigenvalue weighted by Crippen LogP contribution is -2.18. The molecule has 1 N–H and O–H groups in total. The van der Waals surface area contributed by atoms with Crippen molar-refractivity contribution in [3.05, 3.63) is 40.6 Å². The highest BCUT2D eigenvalue weighted by Gasteiger charge is 2.19. The lowest BCUT2D eigenvalue weighted by molar-refractivity contribution is -0.384. The molecule has 1 aliphatic rings. The molecule has 0 spiro atoms. The molecule has 100 valence electrons. The molecule has 1 aromatic carbocycles. The first kappa shape index (κ1) is 12.2. The zero-order chi connectivity index (χ0) is 13.2. The van der Waals surface area contributed by atoms with Crippen LogP contribution in [0.5, 0.6) is 0 Å². The Balaban J connectivity index is 1.67. The fraction of sp³-hybridized carbons (Fsp3) is 0.429. The molecule has 5 heteroatoms. The summed E-state index contributed by atoms with van der Waals surface area (Å²) in [5.41, 5.74) is 1.22. The molecule has 19 heavy (non-hydrogen) atoms. The minimum Gasteiger partial charge on any atom is -0.347 e. The number of hydrogen-bond acceptors (Lipinski definition) is 3. The highest BCUT2D eigenvalue weighted by Crippen LogP contribution is 2.22. The van der Waals surface area contributed by atoms with Crippen molar-refractivity contribution < 1.29 is 4.92 Å². The van der Waals surface area contributed by atoms with Gasteiger partial charge in [0.1, 0.15) is 0 Å². The summed E-state index contributed by atoms with van der Waals surface area (Å²) in [6, 6.07) is 7.73. The van der Waals surface area contributed by atoms with Gasteiger partial charge in [0.2, 0.25) is 0 Å². The molecular formula is C14H17N3O2. The molecule has 1 aromatic heterocycles. The number of nitro groups is 1. The Bertz CT molecular complexity index is 602. The number of fused-ring (bicyclic) bond motifs is 1. The van der Waals surface area contributed by atoms with E-state index in [0.717, 1.165) is 36.5 Å². The number of aryl methyl sites for hydroxylation is 1. The monoisotopic (exact) mass is 259 g/mol. The van der Waals surface area contributed by atoms with Crippen LogP contribution in [0.4, 0.5) is 5.69 Å². The number of benzene rings is 1. The molecule has 1 saturated carbocycles. The first-order valence-corrected chi connectivity index (χ1v) is 6.71. The third-order valence-electron chi connectivity index (χ3n) is 3.55. The van der Waals surface area contributed by atoms with Crippen molar-refractivity contribution in [2.24, 2.45) is 0 Å². The predicted molar refractivity (Wildman–Crippen MR) is 74.2 cm³/mol. The highest BCUT2D eigenvalue weighted by atomic mass is 16.6. The first-order chi connectivity index (χ1) is 9.24. The summed E-state index contributed by atoms with van der Waals surface area (Å²) in [6.07, 6.45) is 5.72. The van der Waals surface area contributed by atoms with Gasteiger partial charge in [-0.15, -0.1) is 0 Å². The van der Waals surface area contributed by atoms with Crippen LogP contribution in [0.3, 0.4) is 0 Å². The normalized spacial score (nSPS) is 14.9. The molecule has 1 fully saturated rings. The maximum Gasteiger partial charge on any atom is 0.270 e. The smallest absolute Gasteiger partial charge is 0.270 e. The summed E-state index contributed by atoms with van der Waals surface area (Å²) >= 11 is 0. The van der Waals surface area contributed by atoms with E-state index in [1.54, 1.807) is 12.1 Å². The molecule has 0 bridgehead atoms. The van der Waals surface area contributed by atoms with Crippen LogP contribution in [-0.4, -0.2) is 22.1 Å². The Morgan fingerprint density at radius 3 is 2.95 bits per heavy atom. The summed E-state index contributed by atoms with van der Waals surface area (Å²) in [6.45, 7) is 1.98. The first-order valence-electron chi connectivity index (χ1n) is 6.71.